The van der Waals surface area contributed by atoms with E-state index in [2.05, 4.69) is 56.8 Å². The average Bonchev–Trinajstić information content (AvgIpc) is 2.68. The van der Waals surface area contributed by atoms with Crippen molar-refractivity contribution in [3.63, 3.8) is 0 Å². The van der Waals surface area contributed by atoms with Gasteiger partial charge in [-0.05, 0) is 35.8 Å². The second-order valence-electron chi connectivity index (χ2n) is 6.73. The summed E-state index contributed by atoms with van der Waals surface area (Å²) in [5.74, 6) is 0.702. The Morgan fingerprint density at radius 2 is 2.00 bits per heavy atom. The van der Waals surface area contributed by atoms with Gasteiger partial charge in [0.05, 0.1) is 10.9 Å². The molecule has 0 N–H and O–H groups in total. The highest BCUT2D eigenvalue weighted by molar-refractivity contribution is 8.01. The van der Waals surface area contributed by atoms with Crippen molar-refractivity contribution in [2.45, 2.75) is 43.8 Å². The fourth-order valence-electron chi connectivity index (χ4n) is 4.26. The highest BCUT2D eigenvalue weighted by Gasteiger charge is 2.65. The summed E-state index contributed by atoms with van der Waals surface area (Å²) in [6.45, 7) is 7.40. The molecule has 0 radical (unpaired) electrons. The van der Waals surface area contributed by atoms with E-state index in [1.807, 2.05) is 0 Å². The van der Waals surface area contributed by atoms with Gasteiger partial charge in [0, 0.05) is 16.5 Å². The summed E-state index contributed by atoms with van der Waals surface area (Å²) in [7, 11) is 0. The number of nitrogens with zero attached hydrogens (tertiary/aromatic N) is 1. The topological polar surface area (TPSA) is 12.4 Å². The summed E-state index contributed by atoms with van der Waals surface area (Å²) in [5, 5.41) is 0.612. The Bertz CT molecular complexity index is 560. The van der Waals surface area contributed by atoms with Gasteiger partial charge in [-0.25, -0.2) is 0 Å². The van der Waals surface area contributed by atoms with Gasteiger partial charge in [0.15, 0.2) is 0 Å². The molecule has 2 bridgehead atoms. The van der Waals surface area contributed by atoms with Gasteiger partial charge < -0.3 is 0 Å². The molecular weight excluding hydrogens is 238 g/mol. The summed E-state index contributed by atoms with van der Waals surface area (Å²) in [6.07, 6.45) is 2.70. The van der Waals surface area contributed by atoms with Crippen LogP contribution < -0.4 is 0 Å². The molecule has 1 nitrogen and oxygen atoms in total. The number of rotatable bonds is 0. The lowest BCUT2D eigenvalue weighted by Crippen LogP contribution is -2.36. The van der Waals surface area contributed by atoms with Gasteiger partial charge in [0.1, 0.15) is 0 Å². The number of hydrogen-bond acceptors (Lipinski definition) is 2. The Hall–Kier alpha value is -0.760. The largest absolute Gasteiger partial charge is 0.255 e. The molecule has 0 spiro atoms. The third-order valence-electron chi connectivity index (χ3n) is 5.86. The molecule has 1 aromatic carbocycles. The van der Waals surface area contributed by atoms with E-state index in [9.17, 15) is 0 Å². The van der Waals surface area contributed by atoms with E-state index < -0.39 is 0 Å². The van der Waals surface area contributed by atoms with Crippen molar-refractivity contribution in [1.29, 1.82) is 0 Å². The Kier molecular flexibility index (Phi) is 1.98. The molecule has 1 aliphatic heterocycles. The van der Waals surface area contributed by atoms with Crippen LogP contribution in [0, 0.1) is 16.7 Å². The zero-order valence-electron chi connectivity index (χ0n) is 11.2. The predicted octanol–water partition coefficient (Wildman–Crippen LogP) is 4.69. The number of fused-ring (bicyclic) bond motifs is 6. The van der Waals surface area contributed by atoms with Gasteiger partial charge in [0.2, 0.25) is 0 Å². The number of benzene rings is 1. The van der Waals surface area contributed by atoms with Gasteiger partial charge in [-0.3, -0.25) is 4.99 Å². The number of hydrogen-bond donors (Lipinski definition) is 0. The molecule has 3 aliphatic rings. The summed E-state index contributed by atoms with van der Waals surface area (Å²) >= 11 is 2.06. The van der Waals surface area contributed by atoms with Gasteiger partial charge >= 0.3 is 0 Å². The zero-order chi connectivity index (χ0) is 12.5. The Morgan fingerprint density at radius 1 is 1.22 bits per heavy atom. The average molecular weight is 257 g/mol. The fraction of sp³-hybridized carbons (Fsp3) is 0.562. The molecule has 2 aliphatic carbocycles. The molecular formula is C16H19NS. The van der Waals surface area contributed by atoms with E-state index in [4.69, 9.17) is 4.99 Å². The van der Waals surface area contributed by atoms with E-state index in [0.29, 0.717) is 22.0 Å². The quantitative estimate of drug-likeness (QED) is 0.657. The molecule has 0 aromatic heterocycles. The Labute approximate surface area is 113 Å². The molecule has 1 heterocycles. The first kappa shape index (κ1) is 11.1. The van der Waals surface area contributed by atoms with Crippen LogP contribution >= 0.6 is 11.8 Å². The van der Waals surface area contributed by atoms with Crippen LogP contribution in [0.1, 0.15) is 33.6 Å². The molecule has 2 heteroatoms. The third kappa shape index (κ3) is 1.09. The lowest BCUT2D eigenvalue weighted by molar-refractivity contribution is 0.157. The van der Waals surface area contributed by atoms with Crippen LogP contribution in [0.25, 0.3) is 0 Å². The van der Waals surface area contributed by atoms with Crippen molar-refractivity contribution in [2.75, 3.05) is 0 Å². The maximum Gasteiger partial charge on any atom is 0.0765 e. The van der Waals surface area contributed by atoms with E-state index in [1.165, 1.54) is 29.1 Å². The lowest BCUT2D eigenvalue weighted by atomic mass is 9.71. The smallest absolute Gasteiger partial charge is 0.0765 e. The Morgan fingerprint density at radius 3 is 2.83 bits per heavy atom. The molecule has 0 unspecified atom stereocenters. The van der Waals surface area contributed by atoms with Gasteiger partial charge in [-0.15, -0.1) is 11.8 Å². The van der Waals surface area contributed by atoms with Crippen LogP contribution in [0.3, 0.4) is 0 Å². The molecule has 18 heavy (non-hydrogen) atoms. The molecule has 1 aromatic rings. The summed E-state index contributed by atoms with van der Waals surface area (Å²) in [6, 6.07) is 8.62. The zero-order valence-corrected chi connectivity index (χ0v) is 12.1. The van der Waals surface area contributed by atoms with Crippen molar-refractivity contribution < 1.29 is 0 Å². The van der Waals surface area contributed by atoms with Crippen LogP contribution in [-0.4, -0.2) is 11.0 Å². The van der Waals surface area contributed by atoms with Gasteiger partial charge in [-0.2, -0.15) is 0 Å². The van der Waals surface area contributed by atoms with Crippen LogP contribution in [0.2, 0.25) is 0 Å². The first-order chi connectivity index (χ1) is 8.54. The van der Waals surface area contributed by atoms with Crippen molar-refractivity contribution in [1.82, 2.24) is 0 Å². The standard InChI is InChI=1S/C16H19NS/c1-15(2)10-8-9-16(15,3)14-13(10)17-11-6-4-5-7-12(11)18-14/h4-7,10,14H,8-9H2,1-3H3/t10-,14-,16+/m0/s1. The van der Waals surface area contributed by atoms with E-state index in [-0.39, 0.29) is 0 Å². The SMILES string of the molecule is CC1(C)[C@H]2CC[C@]1(C)[C@H]1Sc3ccccc3N=C21. The van der Waals surface area contributed by atoms with Gasteiger partial charge in [-0.1, -0.05) is 32.9 Å². The van der Waals surface area contributed by atoms with Crippen molar-refractivity contribution in [3.8, 4) is 0 Å². The maximum atomic E-state index is 5.03. The van der Waals surface area contributed by atoms with Crippen molar-refractivity contribution in [3.05, 3.63) is 24.3 Å². The van der Waals surface area contributed by atoms with Crippen LogP contribution in [0.5, 0.6) is 0 Å². The second kappa shape index (κ2) is 3.22. The second-order valence-corrected chi connectivity index (χ2v) is 7.88. The minimum absolute atomic E-state index is 0.408. The van der Waals surface area contributed by atoms with Crippen molar-refractivity contribution >= 4 is 23.2 Å². The number of para-hydroxylation sites is 1. The molecule has 2 saturated carbocycles. The molecule has 0 amide bonds. The van der Waals surface area contributed by atoms with E-state index in [0.717, 1.165) is 0 Å². The highest BCUT2D eigenvalue weighted by Crippen LogP contribution is 2.69. The monoisotopic (exact) mass is 257 g/mol. The number of thioether (sulfide) groups is 1. The van der Waals surface area contributed by atoms with E-state index in [1.54, 1.807) is 0 Å². The molecule has 94 valence electrons. The first-order valence-electron chi connectivity index (χ1n) is 6.88. The maximum absolute atomic E-state index is 5.03. The summed E-state index contributed by atoms with van der Waals surface area (Å²) in [5.41, 5.74) is 3.51. The fourth-order valence-corrected chi connectivity index (χ4v) is 5.93. The highest BCUT2D eigenvalue weighted by atomic mass is 32.2. The van der Waals surface area contributed by atoms with Crippen LogP contribution in [0.4, 0.5) is 5.69 Å². The lowest BCUT2D eigenvalue weighted by Gasteiger charge is -2.39. The van der Waals surface area contributed by atoms with Crippen LogP contribution in [-0.2, 0) is 0 Å². The Balaban J connectivity index is 1.90. The first-order valence-corrected chi connectivity index (χ1v) is 7.76. The van der Waals surface area contributed by atoms with Crippen LogP contribution in [0.15, 0.2) is 34.2 Å². The normalized spacial score (nSPS) is 39.2. The minimum Gasteiger partial charge on any atom is -0.255 e. The van der Waals surface area contributed by atoms with Crippen molar-refractivity contribution in [2.24, 2.45) is 21.7 Å². The molecule has 3 atom stereocenters. The molecule has 0 saturated heterocycles. The van der Waals surface area contributed by atoms with E-state index >= 15 is 0 Å². The number of aliphatic imine (C=N–C) groups is 1. The molecule has 2 fully saturated rings. The predicted molar refractivity (Wildman–Crippen MR) is 77.8 cm³/mol. The molecule has 4 rings (SSSR count). The minimum atomic E-state index is 0.408. The van der Waals surface area contributed by atoms with Gasteiger partial charge in [0.25, 0.3) is 0 Å². The summed E-state index contributed by atoms with van der Waals surface area (Å²) in [4.78, 5) is 6.40. The summed E-state index contributed by atoms with van der Waals surface area (Å²) < 4.78 is 0. The third-order valence-corrected chi connectivity index (χ3v) is 7.46.